The van der Waals surface area contributed by atoms with Gasteiger partial charge < -0.3 is 25.0 Å². The molecule has 1 aliphatic heterocycles. The van der Waals surface area contributed by atoms with E-state index in [4.69, 9.17) is 14.3 Å². The van der Waals surface area contributed by atoms with Crippen molar-refractivity contribution in [3.05, 3.63) is 16.7 Å². The number of rotatable bonds is 10. The van der Waals surface area contributed by atoms with Crippen molar-refractivity contribution in [1.29, 1.82) is 0 Å². The van der Waals surface area contributed by atoms with Gasteiger partial charge in [-0.1, -0.05) is 13.8 Å². The molecule has 2 aromatic rings. The van der Waals surface area contributed by atoms with Crippen LogP contribution in [0.1, 0.15) is 20.1 Å². The lowest BCUT2D eigenvalue weighted by Crippen LogP contribution is -2.36. The number of aliphatic hydroxyl groups is 2. The molecule has 0 aliphatic carbocycles. The Labute approximate surface area is 173 Å². The summed E-state index contributed by atoms with van der Waals surface area (Å²) in [7, 11) is 3.51. The fourth-order valence-electron chi connectivity index (χ4n) is 3.17. The Bertz CT molecular complexity index is 884. The van der Waals surface area contributed by atoms with Crippen molar-refractivity contribution in [2.24, 2.45) is 5.92 Å². The van der Waals surface area contributed by atoms with Gasteiger partial charge in [0.05, 0.1) is 26.1 Å². The molecule has 0 amide bonds. The SMILES string of the molecule is CC(C)CNc1nc2c(ncn2[C@@H]2O[C@H](CO)[C@@H](O)[C@H]2OCCON(C)C)c(=O)[nH]1. The largest absolute Gasteiger partial charge is 0.394 e. The molecule has 1 saturated heterocycles. The third-order valence-electron chi connectivity index (χ3n) is 4.62. The van der Waals surface area contributed by atoms with Crippen LogP contribution in [-0.2, 0) is 14.3 Å². The molecule has 4 atom stereocenters. The number of H-pyrrole nitrogens is 1. The van der Waals surface area contributed by atoms with Gasteiger partial charge in [0.15, 0.2) is 17.4 Å². The first-order chi connectivity index (χ1) is 14.3. The molecule has 0 spiro atoms. The number of imidazole rings is 1. The van der Waals surface area contributed by atoms with Gasteiger partial charge >= 0.3 is 0 Å². The van der Waals surface area contributed by atoms with Gasteiger partial charge in [0.25, 0.3) is 5.56 Å². The Kier molecular flexibility index (Phi) is 7.39. The first-order valence-electron chi connectivity index (χ1n) is 9.88. The number of nitrogens with zero attached hydrogens (tertiary/aromatic N) is 4. The summed E-state index contributed by atoms with van der Waals surface area (Å²) in [5, 5.41) is 24.7. The average molecular weight is 426 g/mol. The summed E-state index contributed by atoms with van der Waals surface area (Å²) in [5.74, 6) is 0.675. The van der Waals surface area contributed by atoms with E-state index in [0.717, 1.165) is 0 Å². The summed E-state index contributed by atoms with van der Waals surface area (Å²) in [6, 6.07) is 0. The molecular weight excluding hydrogens is 396 g/mol. The van der Waals surface area contributed by atoms with Crippen molar-refractivity contribution in [1.82, 2.24) is 24.6 Å². The highest BCUT2D eigenvalue weighted by Gasteiger charge is 2.46. The van der Waals surface area contributed by atoms with Gasteiger partial charge in [-0.15, -0.1) is 0 Å². The number of aromatic amines is 1. The molecule has 2 aromatic heterocycles. The Morgan fingerprint density at radius 1 is 1.40 bits per heavy atom. The van der Waals surface area contributed by atoms with Crippen LogP contribution in [0.25, 0.3) is 11.2 Å². The third kappa shape index (κ3) is 4.96. The predicted molar refractivity (Wildman–Crippen MR) is 108 cm³/mol. The van der Waals surface area contributed by atoms with Gasteiger partial charge in [-0.3, -0.25) is 19.2 Å². The lowest BCUT2D eigenvalue weighted by Gasteiger charge is -2.22. The maximum absolute atomic E-state index is 12.4. The lowest BCUT2D eigenvalue weighted by atomic mass is 10.1. The molecular formula is C18H30N6O6. The van der Waals surface area contributed by atoms with Crippen LogP contribution >= 0.6 is 0 Å². The van der Waals surface area contributed by atoms with E-state index in [1.165, 1.54) is 6.33 Å². The molecule has 12 heteroatoms. The Morgan fingerprint density at radius 2 is 2.17 bits per heavy atom. The van der Waals surface area contributed by atoms with E-state index < -0.39 is 24.5 Å². The van der Waals surface area contributed by atoms with Gasteiger partial charge in [-0.2, -0.15) is 10.0 Å². The first-order valence-corrected chi connectivity index (χ1v) is 9.88. The van der Waals surface area contributed by atoms with E-state index in [0.29, 0.717) is 24.1 Å². The summed E-state index contributed by atoms with van der Waals surface area (Å²) >= 11 is 0. The number of ether oxygens (including phenoxy) is 2. The van der Waals surface area contributed by atoms with Gasteiger partial charge in [0, 0.05) is 20.6 Å². The minimum atomic E-state index is -1.07. The highest BCUT2D eigenvalue weighted by atomic mass is 16.7. The van der Waals surface area contributed by atoms with Crippen LogP contribution in [0.15, 0.2) is 11.1 Å². The van der Waals surface area contributed by atoms with Crippen LogP contribution < -0.4 is 10.9 Å². The number of hydroxylamine groups is 2. The summed E-state index contributed by atoms with van der Waals surface area (Å²) in [4.78, 5) is 29.0. The zero-order chi connectivity index (χ0) is 21.8. The molecule has 30 heavy (non-hydrogen) atoms. The van der Waals surface area contributed by atoms with Crippen molar-refractivity contribution in [3.8, 4) is 0 Å². The van der Waals surface area contributed by atoms with Crippen LogP contribution in [0, 0.1) is 5.92 Å². The van der Waals surface area contributed by atoms with E-state index in [9.17, 15) is 15.0 Å². The molecule has 0 unspecified atom stereocenters. The fourth-order valence-corrected chi connectivity index (χ4v) is 3.17. The number of hydrogen-bond donors (Lipinski definition) is 4. The molecule has 4 N–H and O–H groups in total. The van der Waals surface area contributed by atoms with Crippen LogP contribution in [-0.4, -0.2) is 93.6 Å². The molecule has 12 nitrogen and oxygen atoms in total. The molecule has 3 rings (SSSR count). The van der Waals surface area contributed by atoms with Crippen LogP contribution in [0.5, 0.6) is 0 Å². The second-order valence-electron chi connectivity index (χ2n) is 7.73. The third-order valence-corrected chi connectivity index (χ3v) is 4.62. The Hall–Kier alpha value is -2.09. The monoisotopic (exact) mass is 426 g/mol. The number of nitrogens with one attached hydrogen (secondary N) is 2. The number of aliphatic hydroxyl groups excluding tert-OH is 2. The topological polar surface area (TPSA) is 147 Å². The van der Waals surface area contributed by atoms with Gasteiger partial charge in [-0.05, 0) is 5.92 Å². The Morgan fingerprint density at radius 3 is 2.83 bits per heavy atom. The number of hydrogen-bond acceptors (Lipinski definition) is 10. The first kappa shape index (κ1) is 22.6. The molecule has 0 bridgehead atoms. The van der Waals surface area contributed by atoms with Crippen molar-refractivity contribution in [3.63, 3.8) is 0 Å². The van der Waals surface area contributed by atoms with E-state index in [-0.39, 0.29) is 30.9 Å². The normalized spacial score (nSPS) is 24.4. The summed E-state index contributed by atoms with van der Waals surface area (Å²) in [6.07, 6.45) is -2.12. The maximum Gasteiger partial charge on any atom is 0.280 e. The smallest absolute Gasteiger partial charge is 0.280 e. The van der Waals surface area contributed by atoms with Gasteiger partial charge in [-0.25, -0.2) is 4.98 Å². The average Bonchev–Trinajstić information content (AvgIpc) is 3.24. The molecule has 1 aliphatic rings. The molecule has 3 heterocycles. The Balaban J connectivity index is 1.87. The van der Waals surface area contributed by atoms with Crippen LogP contribution in [0.2, 0.25) is 0 Å². The highest BCUT2D eigenvalue weighted by Crippen LogP contribution is 2.33. The van der Waals surface area contributed by atoms with E-state index >= 15 is 0 Å². The number of aromatic nitrogens is 4. The van der Waals surface area contributed by atoms with E-state index in [2.05, 4.69) is 20.3 Å². The number of anilines is 1. The minimum Gasteiger partial charge on any atom is -0.394 e. The van der Waals surface area contributed by atoms with Crippen molar-refractivity contribution >= 4 is 17.1 Å². The minimum absolute atomic E-state index is 0.144. The lowest BCUT2D eigenvalue weighted by molar-refractivity contribution is -0.150. The van der Waals surface area contributed by atoms with Crippen LogP contribution in [0.3, 0.4) is 0 Å². The highest BCUT2D eigenvalue weighted by molar-refractivity contribution is 5.71. The van der Waals surface area contributed by atoms with Gasteiger partial charge in [0.1, 0.15) is 18.3 Å². The standard InChI is InChI=1S/C18H30N6O6/c1-10(2)7-19-18-21-15-12(16(27)22-18)20-9-24(15)17-14(13(26)11(8-25)30-17)28-5-6-29-23(3)4/h9-11,13-14,17,25-26H,5-8H2,1-4H3,(H2,19,21,22,27)/t11-,13-,14-,17-/m1/s1. The maximum atomic E-state index is 12.4. The fraction of sp³-hybridized carbons (Fsp3) is 0.722. The molecule has 0 saturated carbocycles. The molecule has 0 aromatic carbocycles. The predicted octanol–water partition coefficient (Wildman–Crippen LogP) is -0.683. The molecule has 0 radical (unpaired) electrons. The second-order valence-corrected chi connectivity index (χ2v) is 7.73. The molecule has 1 fully saturated rings. The zero-order valence-corrected chi connectivity index (χ0v) is 17.6. The van der Waals surface area contributed by atoms with E-state index in [1.54, 1.807) is 23.7 Å². The van der Waals surface area contributed by atoms with E-state index in [1.807, 2.05) is 13.8 Å². The summed E-state index contributed by atoms with van der Waals surface area (Å²) in [6.45, 7) is 4.80. The quantitative estimate of drug-likeness (QED) is 0.284. The summed E-state index contributed by atoms with van der Waals surface area (Å²) in [5.41, 5.74) is 0.0448. The second kappa shape index (κ2) is 9.81. The van der Waals surface area contributed by atoms with Crippen LogP contribution in [0.4, 0.5) is 5.95 Å². The van der Waals surface area contributed by atoms with Crippen molar-refractivity contribution in [2.75, 3.05) is 45.8 Å². The van der Waals surface area contributed by atoms with Gasteiger partial charge in [0.2, 0.25) is 5.95 Å². The van der Waals surface area contributed by atoms with Crippen molar-refractivity contribution < 1.29 is 24.5 Å². The summed E-state index contributed by atoms with van der Waals surface area (Å²) < 4.78 is 13.2. The van der Waals surface area contributed by atoms with Crippen molar-refractivity contribution in [2.45, 2.75) is 38.4 Å². The zero-order valence-electron chi connectivity index (χ0n) is 17.6. The molecule has 168 valence electrons. The number of fused-ring (bicyclic) bond motifs is 1.